The average molecular weight is 278 g/mol. The number of hydrogen-bond acceptors (Lipinski definition) is 3. The zero-order valence-electron chi connectivity index (χ0n) is 11.8. The normalized spacial score (nSPS) is 13.7. The van der Waals surface area contributed by atoms with Crippen molar-refractivity contribution < 1.29 is 14.3 Å². The summed E-state index contributed by atoms with van der Waals surface area (Å²) in [6.45, 7) is 3.98. The maximum Gasteiger partial charge on any atom is 0.229 e. The summed E-state index contributed by atoms with van der Waals surface area (Å²) < 4.78 is 5.62. The molecule has 21 heavy (non-hydrogen) atoms. The first-order chi connectivity index (χ1) is 10.1. The number of Topliss-reactive ketones (excluding diaryl/α,β-unsaturated/α-hetero) is 1. The molecule has 3 rings (SSSR count). The number of ether oxygens (including phenoxy) is 1. The Balaban J connectivity index is 1.95. The number of carbonyl (C=O) groups is 2. The molecular weight excluding hydrogens is 264 g/mol. The summed E-state index contributed by atoms with van der Waals surface area (Å²) in [4.78, 5) is 24.4. The van der Waals surface area contributed by atoms with Gasteiger partial charge >= 0.3 is 0 Å². The van der Waals surface area contributed by atoms with E-state index in [1.54, 1.807) is 30.3 Å². The molecule has 0 spiro atoms. The quantitative estimate of drug-likeness (QED) is 0.842. The van der Waals surface area contributed by atoms with E-state index in [1.807, 2.05) is 26.0 Å². The van der Waals surface area contributed by atoms with Gasteiger partial charge < -0.3 is 4.74 Å². The van der Waals surface area contributed by atoms with Crippen LogP contribution in [0.15, 0.2) is 54.3 Å². The third-order valence-corrected chi connectivity index (χ3v) is 3.63. The minimum atomic E-state index is -0.261. The van der Waals surface area contributed by atoms with Crippen LogP contribution >= 0.6 is 0 Å². The molecular formula is C18H14O3. The Kier molecular flexibility index (Phi) is 3.18. The lowest BCUT2D eigenvalue weighted by Crippen LogP contribution is -2.20. The van der Waals surface area contributed by atoms with Crippen LogP contribution in [0.2, 0.25) is 0 Å². The topological polar surface area (TPSA) is 43.4 Å². The van der Waals surface area contributed by atoms with E-state index in [0.717, 1.165) is 11.1 Å². The van der Waals surface area contributed by atoms with Crippen molar-refractivity contribution in [2.24, 2.45) is 0 Å². The maximum absolute atomic E-state index is 12.4. The van der Waals surface area contributed by atoms with Crippen molar-refractivity contribution in [1.82, 2.24) is 0 Å². The Morgan fingerprint density at radius 1 is 0.857 bits per heavy atom. The number of rotatable bonds is 2. The van der Waals surface area contributed by atoms with Gasteiger partial charge in [0.2, 0.25) is 5.78 Å². The van der Waals surface area contributed by atoms with Gasteiger partial charge in [0.25, 0.3) is 0 Å². The highest BCUT2D eigenvalue weighted by molar-refractivity contribution is 6.23. The Labute approximate surface area is 122 Å². The smallest absolute Gasteiger partial charge is 0.229 e. The van der Waals surface area contributed by atoms with Gasteiger partial charge in [-0.15, -0.1) is 0 Å². The van der Waals surface area contributed by atoms with E-state index in [0.29, 0.717) is 16.9 Å². The molecule has 1 aliphatic carbocycles. The van der Waals surface area contributed by atoms with Crippen molar-refractivity contribution in [3.05, 3.63) is 76.6 Å². The molecule has 0 aromatic heterocycles. The maximum atomic E-state index is 12.4. The van der Waals surface area contributed by atoms with Gasteiger partial charge in [0, 0.05) is 17.2 Å². The Morgan fingerprint density at radius 3 is 2.29 bits per heavy atom. The lowest BCUT2D eigenvalue weighted by Gasteiger charge is -2.16. The third kappa shape index (κ3) is 2.38. The monoisotopic (exact) mass is 278 g/mol. The largest absolute Gasteiger partial charge is 0.453 e. The molecule has 0 fully saturated rings. The standard InChI is InChI=1S/C18H14O3/c1-11-7-8-13(9-12(11)2)21-17-10-16(19)14-5-3-4-6-15(14)18(17)20/h3-10H,1-2H3. The zero-order chi connectivity index (χ0) is 15.0. The summed E-state index contributed by atoms with van der Waals surface area (Å²) in [5, 5.41) is 0. The van der Waals surface area contributed by atoms with Crippen LogP contribution in [0.4, 0.5) is 0 Å². The van der Waals surface area contributed by atoms with Crippen molar-refractivity contribution >= 4 is 11.6 Å². The van der Waals surface area contributed by atoms with Crippen LogP contribution in [0.5, 0.6) is 5.75 Å². The molecule has 2 aromatic rings. The van der Waals surface area contributed by atoms with Crippen LogP contribution in [0, 0.1) is 13.8 Å². The first-order valence-electron chi connectivity index (χ1n) is 6.71. The number of hydrogen-bond donors (Lipinski definition) is 0. The average Bonchev–Trinajstić information content (AvgIpc) is 2.48. The van der Waals surface area contributed by atoms with Crippen molar-refractivity contribution in [1.29, 1.82) is 0 Å². The van der Waals surface area contributed by atoms with Crippen LogP contribution in [0.1, 0.15) is 31.8 Å². The molecule has 0 saturated carbocycles. The van der Waals surface area contributed by atoms with Crippen molar-refractivity contribution in [3.63, 3.8) is 0 Å². The van der Waals surface area contributed by atoms with Crippen LogP contribution in [0.3, 0.4) is 0 Å². The van der Waals surface area contributed by atoms with E-state index in [1.165, 1.54) is 6.08 Å². The molecule has 1 aliphatic rings. The van der Waals surface area contributed by atoms with Gasteiger partial charge in [-0.2, -0.15) is 0 Å². The fourth-order valence-electron chi connectivity index (χ4n) is 2.27. The molecule has 2 aromatic carbocycles. The number of benzene rings is 2. The van der Waals surface area contributed by atoms with Crippen molar-refractivity contribution in [2.75, 3.05) is 0 Å². The second kappa shape index (κ2) is 5.02. The highest BCUT2D eigenvalue weighted by Gasteiger charge is 2.26. The first-order valence-corrected chi connectivity index (χ1v) is 6.71. The molecule has 0 radical (unpaired) electrons. The molecule has 0 heterocycles. The Hall–Kier alpha value is -2.68. The number of allylic oxidation sites excluding steroid dienone is 2. The predicted octanol–water partition coefficient (Wildman–Crippen LogP) is 3.65. The van der Waals surface area contributed by atoms with Gasteiger partial charge in [-0.25, -0.2) is 0 Å². The highest BCUT2D eigenvalue weighted by atomic mass is 16.5. The number of fused-ring (bicyclic) bond motifs is 1. The first kappa shape index (κ1) is 13.3. The van der Waals surface area contributed by atoms with E-state index >= 15 is 0 Å². The van der Waals surface area contributed by atoms with E-state index in [4.69, 9.17) is 4.74 Å². The van der Waals surface area contributed by atoms with E-state index < -0.39 is 0 Å². The van der Waals surface area contributed by atoms with Gasteiger partial charge in [-0.3, -0.25) is 9.59 Å². The number of aryl methyl sites for hydroxylation is 2. The molecule has 0 saturated heterocycles. The Morgan fingerprint density at radius 2 is 1.57 bits per heavy atom. The third-order valence-electron chi connectivity index (χ3n) is 3.63. The zero-order valence-corrected chi connectivity index (χ0v) is 11.8. The summed E-state index contributed by atoms with van der Waals surface area (Å²) in [5.74, 6) is 0.166. The molecule has 3 nitrogen and oxygen atoms in total. The van der Waals surface area contributed by atoms with Gasteiger partial charge in [-0.1, -0.05) is 30.3 Å². The summed E-state index contributed by atoms with van der Waals surface area (Å²) in [5.41, 5.74) is 3.04. The second-order valence-corrected chi connectivity index (χ2v) is 5.10. The lowest BCUT2D eigenvalue weighted by atomic mass is 9.94. The Bertz CT molecular complexity index is 785. The summed E-state index contributed by atoms with van der Waals surface area (Å²) >= 11 is 0. The molecule has 0 amide bonds. The van der Waals surface area contributed by atoms with Crippen LogP contribution in [-0.2, 0) is 0 Å². The van der Waals surface area contributed by atoms with Crippen LogP contribution < -0.4 is 4.74 Å². The van der Waals surface area contributed by atoms with Crippen molar-refractivity contribution in [2.45, 2.75) is 13.8 Å². The van der Waals surface area contributed by atoms with Crippen LogP contribution in [-0.4, -0.2) is 11.6 Å². The van der Waals surface area contributed by atoms with E-state index in [2.05, 4.69) is 0 Å². The lowest BCUT2D eigenvalue weighted by molar-refractivity contribution is 0.0947. The second-order valence-electron chi connectivity index (χ2n) is 5.10. The molecule has 0 unspecified atom stereocenters. The predicted molar refractivity (Wildman–Crippen MR) is 79.7 cm³/mol. The number of carbonyl (C=O) groups excluding carboxylic acids is 2. The molecule has 0 bridgehead atoms. The summed E-state index contributed by atoms with van der Waals surface area (Å²) in [6.07, 6.45) is 1.26. The molecule has 0 atom stereocenters. The van der Waals surface area contributed by atoms with E-state index in [-0.39, 0.29) is 17.3 Å². The molecule has 0 N–H and O–H groups in total. The fourth-order valence-corrected chi connectivity index (χ4v) is 2.27. The molecule has 104 valence electrons. The minimum Gasteiger partial charge on any atom is -0.453 e. The fraction of sp³-hybridized carbons (Fsp3) is 0.111. The van der Waals surface area contributed by atoms with Crippen molar-refractivity contribution in [3.8, 4) is 5.75 Å². The summed E-state index contributed by atoms with van der Waals surface area (Å²) in [7, 11) is 0. The number of ketones is 2. The van der Waals surface area contributed by atoms with Gasteiger partial charge in [-0.05, 0) is 37.1 Å². The SMILES string of the molecule is Cc1ccc(OC2=CC(=O)c3ccccc3C2=O)cc1C. The van der Waals surface area contributed by atoms with E-state index in [9.17, 15) is 9.59 Å². The summed E-state index contributed by atoms with van der Waals surface area (Å²) in [6, 6.07) is 12.4. The van der Waals surface area contributed by atoms with Gasteiger partial charge in [0.05, 0.1) is 0 Å². The molecule has 3 heteroatoms. The highest BCUT2D eigenvalue weighted by Crippen LogP contribution is 2.25. The van der Waals surface area contributed by atoms with Crippen LogP contribution in [0.25, 0.3) is 0 Å². The minimum absolute atomic E-state index is 0.0713. The van der Waals surface area contributed by atoms with Gasteiger partial charge in [0.15, 0.2) is 11.5 Å². The molecule has 0 aliphatic heterocycles. The van der Waals surface area contributed by atoms with Gasteiger partial charge in [0.1, 0.15) is 5.75 Å².